The minimum Gasteiger partial charge on any atom is -0.271 e. The third kappa shape index (κ3) is 2.49. The number of hydrogen-bond donors (Lipinski definition) is 2. The highest BCUT2D eigenvalue weighted by Crippen LogP contribution is 2.23. The number of halogens is 2. The largest absolute Gasteiger partial charge is 0.271 e. The van der Waals surface area contributed by atoms with Crippen LogP contribution in [0.1, 0.15) is 17.2 Å². The lowest BCUT2D eigenvalue weighted by atomic mass is 9.99. The molecule has 3 N–H and O–H groups in total. The third-order valence-electron chi connectivity index (χ3n) is 2.59. The summed E-state index contributed by atoms with van der Waals surface area (Å²) in [7, 11) is 0. The van der Waals surface area contributed by atoms with E-state index in [1.54, 1.807) is 30.3 Å². The summed E-state index contributed by atoms with van der Waals surface area (Å²) >= 11 is 0. The molecule has 0 aromatic heterocycles. The van der Waals surface area contributed by atoms with Gasteiger partial charge in [-0.15, -0.1) is 0 Å². The van der Waals surface area contributed by atoms with Crippen LogP contribution in [-0.2, 0) is 0 Å². The number of benzene rings is 2. The molecule has 2 aromatic rings. The van der Waals surface area contributed by atoms with E-state index in [0.29, 0.717) is 11.1 Å². The summed E-state index contributed by atoms with van der Waals surface area (Å²) < 4.78 is 26.4. The number of hydrogen-bond acceptors (Lipinski definition) is 2. The van der Waals surface area contributed by atoms with Crippen LogP contribution in [0.4, 0.5) is 8.78 Å². The van der Waals surface area contributed by atoms with Gasteiger partial charge in [0.15, 0.2) is 0 Å². The Kier molecular flexibility index (Phi) is 3.46. The van der Waals surface area contributed by atoms with Crippen molar-refractivity contribution in [3.8, 4) is 0 Å². The first kappa shape index (κ1) is 11.7. The minimum absolute atomic E-state index is 0.335. The highest BCUT2D eigenvalue weighted by molar-refractivity contribution is 5.32. The summed E-state index contributed by atoms with van der Waals surface area (Å²) in [4.78, 5) is 0. The monoisotopic (exact) mass is 234 g/mol. The van der Waals surface area contributed by atoms with Gasteiger partial charge in [0.05, 0.1) is 6.04 Å². The van der Waals surface area contributed by atoms with Crippen molar-refractivity contribution in [2.75, 3.05) is 0 Å². The standard InChI is InChI=1S/C13H12F2N2/c14-10-7-5-9(6-8-10)13(17-16)11-3-1-2-4-12(11)15/h1-8,13,17H,16H2. The maximum absolute atomic E-state index is 13.6. The van der Waals surface area contributed by atoms with Gasteiger partial charge in [0.2, 0.25) is 0 Å². The summed E-state index contributed by atoms with van der Waals surface area (Å²) in [5, 5.41) is 0. The van der Waals surface area contributed by atoms with Crippen LogP contribution in [0.2, 0.25) is 0 Å². The molecular weight excluding hydrogens is 222 g/mol. The molecule has 0 amide bonds. The van der Waals surface area contributed by atoms with Gasteiger partial charge in [0.25, 0.3) is 0 Å². The second-order valence-corrected chi connectivity index (χ2v) is 3.67. The topological polar surface area (TPSA) is 38.0 Å². The van der Waals surface area contributed by atoms with E-state index < -0.39 is 6.04 Å². The van der Waals surface area contributed by atoms with E-state index in [4.69, 9.17) is 5.84 Å². The van der Waals surface area contributed by atoms with Crippen molar-refractivity contribution in [1.82, 2.24) is 5.43 Å². The van der Waals surface area contributed by atoms with E-state index in [1.807, 2.05) is 0 Å². The van der Waals surface area contributed by atoms with Gasteiger partial charge in [-0.1, -0.05) is 30.3 Å². The maximum Gasteiger partial charge on any atom is 0.128 e. The Hall–Kier alpha value is -1.78. The van der Waals surface area contributed by atoms with Crippen LogP contribution < -0.4 is 11.3 Å². The lowest BCUT2D eigenvalue weighted by Crippen LogP contribution is -2.29. The molecule has 2 rings (SSSR count). The van der Waals surface area contributed by atoms with E-state index in [2.05, 4.69) is 5.43 Å². The summed E-state index contributed by atoms with van der Waals surface area (Å²) in [5.74, 6) is 4.75. The smallest absolute Gasteiger partial charge is 0.128 e. The van der Waals surface area contributed by atoms with Crippen molar-refractivity contribution in [3.05, 3.63) is 71.3 Å². The van der Waals surface area contributed by atoms with Gasteiger partial charge < -0.3 is 0 Å². The van der Waals surface area contributed by atoms with Gasteiger partial charge in [0, 0.05) is 5.56 Å². The fourth-order valence-corrected chi connectivity index (χ4v) is 1.73. The summed E-state index contributed by atoms with van der Waals surface area (Å²) in [6.07, 6.45) is 0. The van der Waals surface area contributed by atoms with Gasteiger partial charge in [-0.05, 0) is 23.8 Å². The minimum atomic E-state index is -0.489. The Labute approximate surface area is 98.0 Å². The normalized spacial score (nSPS) is 12.4. The number of hydrazine groups is 1. The molecule has 17 heavy (non-hydrogen) atoms. The maximum atomic E-state index is 13.6. The highest BCUT2D eigenvalue weighted by atomic mass is 19.1. The molecule has 0 aliphatic carbocycles. The van der Waals surface area contributed by atoms with Gasteiger partial charge in [-0.25, -0.2) is 14.2 Å². The molecule has 88 valence electrons. The van der Waals surface area contributed by atoms with Gasteiger partial charge in [-0.2, -0.15) is 0 Å². The Balaban J connectivity index is 2.40. The molecule has 1 atom stereocenters. The number of rotatable bonds is 3. The average Bonchev–Trinajstić information content (AvgIpc) is 2.35. The van der Waals surface area contributed by atoms with Crippen LogP contribution >= 0.6 is 0 Å². The summed E-state index contributed by atoms with van der Waals surface area (Å²) in [6.45, 7) is 0. The molecule has 0 aliphatic heterocycles. The van der Waals surface area contributed by atoms with Gasteiger partial charge >= 0.3 is 0 Å². The zero-order chi connectivity index (χ0) is 12.3. The fourth-order valence-electron chi connectivity index (χ4n) is 1.73. The number of nitrogens with two attached hydrogens (primary N) is 1. The van der Waals surface area contributed by atoms with Crippen LogP contribution in [-0.4, -0.2) is 0 Å². The zero-order valence-electron chi connectivity index (χ0n) is 9.03. The summed E-state index contributed by atoms with van der Waals surface area (Å²) in [6, 6.07) is 11.6. The van der Waals surface area contributed by atoms with E-state index >= 15 is 0 Å². The molecular formula is C13H12F2N2. The van der Waals surface area contributed by atoms with Crippen molar-refractivity contribution in [2.45, 2.75) is 6.04 Å². The molecule has 1 unspecified atom stereocenters. The lowest BCUT2D eigenvalue weighted by molar-refractivity contribution is 0.559. The Morgan fingerprint density at radius 1 is 0.941 bits per heavy atom. The van der Waals surface area contributed by atoms with Crippen LogP contribution in [0.3, 0.4) is 0 Å². The first-order valence-corrected chi connectivity index (χ1v) is 5.18. The third-order valence-corrected chi connectivity index (χ3v) is 2.59. The molecule has 2 aromatic carbocycles. The molecule has 0 saturated carbocycles. The van der Waals surface area contributed by atoms with Crippen molar-refractivity contribution in [3.63, 3.8) is 0 Å². The first-order chi connectivity index (χ1) is 8.22. The van der Waals surface area contributed by atoms with Crippen LogP contribution in [0.25, 0.3) is 0 Å². The molecule has 2 nitrogen and oxygen atoms in total. The molecule has 0 spiro atoms. The van der Waals surface area contributed by atoms with Gasteiger partial charge in [0.1, 0.15) is 11.6 Å². The van der Waals surface area contributed by atoms with Crippen LogP contribution in [0.5, 0.6) is 0 Å². The van der Waals surface area contributed by atoms with E-state index in [0.717, 1.165) is 0 Å². The van der Waals surface area contributed by atoms with E-state index in [-0.39, 0.29) is 11.6 Å². The highest BCUT2D eigenvalue weighted by Gasteiger charge is 2.15. The molecule has 0 bridgehead atoms. The SMILES string of the molecule is NNC(c1ccc(F)cc1)c1ccccc1F. The average molecular weight is 234 g/mol. The van der Waals surface area contributed by atoms with Crippen molar-refractivity contribution < 1.29 is 8.78 Å². The van der Waals surface area contributed by atoms with Gasteiger partial charge in [-0.3, -0.25) is 5.84 Å². The van der Waals surface area contributed by atoms with Crippen molar-refractivity contribution >= 4 is 0 Å². The van der Waals surface area contributed by atoms with Crippen molar-refractivity contribution in [2.24, 2.45) is 5.84 Å². The second kappa shape index (κ2) is 5.03. The Bertz CT molecular complexity index is 497. The van der Waals surface area contributed by atoms with Crippen LogP contribution in [0.15, 0.2) is 48.5 Å². The second-order valence-electron chi connectivity index (χ2n) is 3.67. The van der Waals surface area contributed by atoms with E-state index in [1.165, 1.54) is 18.2 Å². The predicted molar refractivity (Wildman–Crippen MR) is 62.0 cm³/mol. The Morgan fingerprint density at radius 3 is 2.18 bits per heavy atom. The van der Waals surface area contributed by atoms with E-state index in [9.17, 15) is 8.78 Å². The van der Waals surface area contributed by atoms with Crippen molar-refractivity contribution in [1.29, 1.82) is 0 Å². The predicted octanol–water partition coefficient (Wildman–Crippen LogP) is 2.52. The molecule has 0 heterocycles. The Morgan fingerprint density at radius 2 is 1.59 bits per heavy atom. The molecule has 0 fully saturated rings. The zero-order valence-corrected chi connectivity index (χ0v) is 9.03. The molecule has 0 radical (unpaired) electrons. The first-order valence-electron chi connectivity index (χ1n) is 5.18. The van der Waals surface area contributed by atoms with Crippen LogP contribution in [0, 0.1) is 11.6 Å². The summed E-state index contributed by atoms with van der Waals surface area (Å²) in [5.41, 5.74) is 3.67. The molecule has 0 saturated heterocycles. The quantitative estimate of drug-likeness (QED) is 0.632. The fraction of sp³-hybridized carbons (Fsp3) is 0.0769. The lowest BCUT2D eigenvalue weighted by Gasteiger charge is -2.17. The molecule has 0 aliphatic rings. The molecule has 4 heteroatoms. The number of nitrogens with one attached hydrogen (secondary N) is 1.